The molecule has 2 aliphatic heterocycles. The number of ether oxygens (including phenoxy) is 2. The van der Waals surface area contributed by atoms with Gasteiger partial charge in [-0.3, -0.25) is 4.79 Å². The molecule has 4 heterocycles. The van der Waals surface area contributed by atoms with Gasteiger partial charge in [0.15, 0.2) is 0 Å². The van der Waals surface area contributed by atoms with Crippen LogP contribution in [0.1, 0.15) is 41.4 Å². The standard InChI is InChI=1S/C22H28N4O4/c1-14-10-18-19(12-26(22(18)28)15(2)13-27)24-21(14)25-8-6-16(7-9-25)30-17-4-5-20(29-3)23-11-17/h4-5,10-11,15-16,27H,6-9,12-13H2,1-3H3/t15-/m0/s1. The maximum Gasteiger partial charge on any atom is 0.256 e. The third-order valence-electron chi connectivity index (χ3n) is 5.84. The van der Waals surface area contributed by atoms with E-state index in [1.807, 2.05) is 26.0 Å². The number of hydrogen-bond donors (Lipinski definition) is 1. The van der Waals surface area contributed by atoms with Gasteiger partial charge in [0.25, 0.3) is 5.91 Å². The Morgan fingerprint density at radius 2 is 2.07 bits per heavy atom. The van der Waals surface area contributed by atoms with Crippen molar-refractivity contribution in [2.24, 2.45) is 0 Å². The van der Waals surface area contributed by atoms with Gasteiger partial charge in [0.05, 0.1) is 43.8 Å². The van der Waals surface area contributed by atoms with Gasteiger partial charge in [0, 0.05) is 32.0 Å². The number of anilines is 1. The average Bonchev–Trinajstić information content (AvgIpc) is 3.09. The lowest BCUT2D eigenvalue weighted by Crippen LogP contribution is -2.39. The summed E-state index contributed by atoms with van der Waals surface area (Å²) in [5.74, 6) is 2.21. The maximum atomic E-state index is 12.6. The minimum atomic E-state index is -0.212. The van der Waals surface area contributed by atoms with Crippen LogP contribution in [-0.4, -0.2) is 64.8 Å². The first-order valence-corrected chi connectivity index (χ1v) is 10.3. The molecule has 160 valence electrons. The summed E-state index contributed by atoms with van der Waals surface area (Å²) in [6.45, 7) is 5.92. The number of pyridine rings is 2. The molecule has 30 heavy (non-hydrogen) atoms. The van der Waals surface area contributed by atoms with Gasteiger partial charge in [-0.05, 0) is 31.5 Å². The van der Waals surface area contributed by atoms with Crippen LogP contribution in [0.5, 0.6) is 11.6 Å². The highest BCUT2D eigenvalue weighted by atomic mass is 16.5. The topological polar surface area (TPSA) is 88.0 Å². The van der Waals surface area contributed by atoms with E-state index in [-0.39, 0.29) is 24.7 Å². The molecule has 1 N–H and O–H groups in total. The molecule has 0 bridgehead atoms. The number of carbonyl (C=O) groups is 1. The summed E-state index contributed by atoms with van der Waals surface area (Å²) in [5.41, 5.74) is 2.45. The summed E-state index contributed by atoms with van der Waals surface area (Å²) >= 11 is 0. The number of amides is 1. The van der Waals surface area contributed by atoms with Gasteiger partial charge >= 0.3 is 0 Å². The van der Waals surface area contributed by atoms with Crippen molar-refractivity contribution in [3.63, 3.8) is 0 Å². The van der Waals surface area contributed by atoms with Crippen molar-refractivity contribution in [1.82, 2.24) is 14.9 Å². The van der Waals surface area contributed by atoms with Gasteiger partial charge in [-0.2, -0.15) is 0 Å². The molecule has 1 atom stereocenters. The van der Waals surface area contributed by atoms with Gasteiger partial charge in [-0.1, -0.05) is 0 Å². The first-order valence-electron chi connectivity index (χ1n) is 10.3. The number of carbonyl (C=O) groups excluding carboxylic acids is 1. The molecule has 2 aromatic heterocycles. The van der Waals surface area contributed by atoms with Crippen LogP contribution in [0.4, 0.5) is 5.82 Å². The summed E-state index contributed by atoms with van der Waals surface area (Å²) in [5, 5.41) is 9.42. The third-order valence-corrected chi connectivity index (χ3v) is 5.84. The molecule has 1 saturated heterocycles. The summed E-state index contributed by atoms with van der Waals surface area (Å²) in [6.07, 6.45) is 3.59. The van der Waals surface area contributed by atoms with Crippen molar-refractivity contribution in [2.75, 3.05) is 31.7 Å². The van der Waals surface area contributed by atoms with E-state index in [0.717, 1.165) is 48.8 Å². The summed E-state index contributed by atoms with van der Waals surface area (Å²) in [4.78, 5) is 25.6. The molecule has 2 aromatic rings. The number of aliphatic hydroxyl groups is 1. The van der Waals surface area contributed by atoms with Gasteiger partial charge in [-0.25, -0.2) is 9.97 Å². The number of fused-ring (bicyclic) bond motifs is 1. The second-order valence-corrected chi connectivity index (χ2v) is 7.93. The number of aryl methyl sites for hydroxylation is 1. The lowest BCUT2D eigenvalue weighted by atomic mass is 10.1. The zero-order chi connectivity index (χ0) is 21.3. The number of piperidine rings is 1. The Balaban J connectivity index is 1.41. The van der Waals surface area contributed by atoms with Crippen molar-refractivity contribution < 1.29 is 19.4 Å². The average molecular weight is 412 g/mol. The number of aliphatic hydroxyl groups excluding tert-OH is 1. The fourth-order valence-corrected chi connectivity index (χ4v) is 4.04. The SMILES string of the molecule is COc1ccc(OC2CCN(c3nc4c(cc3C)C(=O)N([C@@H](C)CO)C4)CC2)cn1. The zero-order valence-electron chi connectivity index (χ0n) is 17.7. The Bertz CT molecular complexity index is 910. The first kappa shape index (κ1) is 20.4. The highest BCUT2D eigenvalue weighted by Gasteiger charge is 2.33. The Kier molecular flexibility index (Phi) is 5.76. The van der Waals surface area contributed by atoms with Gasteiger partial charge in [0.1, 0.15) is 17.7 Å². The predicted molar refractivity (Wildman–Crippen MR) is 112 cm³/mol. The molecule has 0 radical (unpaired) electrons. The minimum Gasteiger partial charge on any atom is -0.489 e. The second kappa shape index (κ2) is 8.47. The van der Waals surface area contributed by atoms with E-state index in [2.05, 4.69) is 9.88 Å². The van der Waals surface area contributed by atoms with Crippen LogP contribution in [0.3, 0.4) is 0 Å². The molecule has 8 heteroatoms. The highest BCUT2D eigenvalue weighted by Crippen LogP contribution is 2.30. The minimum absolute atomic E-state index is 0.0473. The Hall–Kier alpha value is -2.87. The van der Waals surface area contributed by atoms with Crippen molar-refractivity contribution >= 4 is 11.7 Å². The molecule has 1 fully saturated rings. The molecule has 4 rings (SSSR count). The number of rotatable bonds is 6. The van der Waals surface area contributed by atoms with Crippen LogP contribution in [0, 0.1) is 6.92 Å². The third kappa shape index (κ3) is 3.92. The molecular weight excluding hydrogens is 384 g/mol. The molecule has 0 spiro atoms. The van der Waals surface area contributed by atoms with Crippen LogP contribution in [0.15, 0.2) is 24.4 Å². The lowest BCUT2D eigenvalue weighted by Gasteiger charge is -2.33. The Morgan fingerprint density at radius 1 is 1.30 bits per heavy atom. The molecule has 2 aliphatic rings. The lowest BCUT2D eigenvalue weighted by molar-refractivity contribution is 0.0643. The zero-order valence-corrected chi connectivity index (χ0v) is 17.7. The molecular formula is C22H28N4O4. The van der Waals surface area contributed by atoms with Gasteiger partial charge < -0.3 is 24.4 Å². The largest absolute Gasteiger partial charge is 0.489 e. The number of hydrogen-bond acceptors (Lipinski definition) is 7. The number of nitrogens with zero attached hydrogens (tertiary/aromatic N) is 4. The number of methoxy groups -OCH3 is 1. The second-order valence-electron chi connectivity index (χ2n) is 7.93. The summed E-state index contributed by atoms with van der Waals surface area (Å²) in [7, 11) is 1.59. The fourth-order valence-electron chi connectivity index (χ4n) is 4.04. The Labute approximate surface area is 176 Å². The van der Waals surface area contributed by atoms with Crippen LogP contribution in [-0.2, 0) is 6.54 Å². The highest BCUT2D eigenvalue weighted by molar-refractivity contribution is 5.98. The van der Waals surface area contributed by atoms with Crippen molar-refractivity contribution in [1.29, 1.82) is 0 Å². The normalized spacial score (nSPS) is 17.8. The smallest absolute Gasteiger partial charge is 0.256 e. The van der Waals surface area contributed by atoms with Gasteiger partial charge in [-0.15, -0.1) is 0 Å². The molecule has 1 amide bonds. The van der Waals surface area contributed by atoms with Crippen molar-refractivity contribution in [3.05, 3.63) is 41.2 Å². The predicted octanol–water partition coefficient (Wildman–Crippen LogP) is 2.18. The van der Waals surface area contributed by atoms with Crippen LogP contribution >= 0.6 is 0 Å². The van der Waals surface area contributed by atoms with E-state index in [1.165, 1.54) is 0 Å². The van der Waals surface area contributed by atoms with E-state index in [0.29, 0.717) is 18.0 Å². The van der Waals surface area contributed by atoms with E-state index >= 15 is 0 Å². The molecule has 8 nitrogen and oxygen atoms in total. The molecule has 0 saturated carbocycles. The summed E-state index contributed by atoms with van der Waals surface area (Å²) < 4.78 is 11.2. The fraction of sp³-hybridized carbons (Fsp3) is 0.500. The van der Waals surface area contributed by atoms with Crippen LogP contribution in [0.25, 0.3) is 0 Å². The molecule has 0 aliphatic carbocycles. The summed E-state index contributed by atoms with van der Waals surface area (Å²) in [6, 6.07) is 5.40. The van der Waals surface area contributed by atoms with Crippen molar-refractivity contribution in [3.8, 4) is 11.6 Å². The van der Waals surface area contributed by atoms with E-state index < -0.39 is 0 Å². The quantitative estimate of drug-likeness (QED) is 0.778. The van der Waals surface area contributed by atoms with E-state index in [1.54, 1.807) is 24.3 Å². The number of aromatic nitrogens is 2. The van der Waals surface area contributed by atoms with E-state index in [9.17, 15) is 9.90 Å². The van der Waals surface area contributed by atoms with Crippen molar-refractivity contribution in [2.45, 2.75) is 45.4 Å². The maximum absolute atomic E-state index is 12.6. The first-order chi connectivity index (χ1) is 14.5. The monoisotopic (exact) mass is 412 g/mol. The van der Waals surface area contributed by atoms with Crippen LogP contribution in [0.2, 0.25) is 0 Å². The van der Waals surface area contributed by atoms with E-state index in [4.69, 9.17) is 14.5 Å². The molecule has 0 unspecified atom stereocenters. The van der Waals surface area contributed by atoms with Crippen LogP contribution < -0.4 is 14.4 Å². The molecule has 0 aromatic carbocycles. The van der Waals surface area contributed by atoms with Gasteiger partial charge in [0.2, 0.25) is 5.88 Å². The Morgan fingerprint density at radius 3 is 2.70 bits per heavy atom.